The van der Waals surface area contributed by atoms with E-state index in [0.29, 0.717) is 0 Å². The zero-order valence-corrected chi connectivity index (χ0v) is 15.8. The minimum atomic E-state index is -2.22. The van der Waals surface area contributed by atoms with E-state index in [1.165, 1.54) is 5.57 Å². The number of halogens is 2. The number of rotatable bonds is 3. The number of amides is 1. The first kappa shape index (κ1) is 16.8. The number of nitrogens with zero attached hydrogens (tertiary/aromatic N) is 1. The van der Waals surface area contributed by atoms with Gasteiger partial charge in [-0.2, -0.15) is 0 Å². The molecule has 0 aliphatic heterocycles. The van der Waals surface area contributed by atoms with Crippen molar-refractivity contribution in [3.05, 3.63) is 11.1 Å². The molecule has 6 heteroatoms. The fourth-order valence-electron chi connectivity index (χ4n) is 3.08. The number of carbonyl (C=O) groups excluding carboxylic acids is 1. The summed E-state index contributed by atoms with van der Waals surface area (Å²) >= 11 is 15.7. The van der Waals surface area contributed by atoms with E-state index < -0.39 is 17.6 Å². The molecule has 0 aromatic rings. The van der Waals surface area contributed by atoms with Crippen molar-refractivity contribution in [2.45, 2.75) is 50.2 Å². The molecule has 0 heterocycles. The van der Waals surface area contributed by atoms with E-state index in [9.17, 15) is 4.79 Å². The summed E-state index contributed by atoms with van der Waals surface area (Å²) in [4.78, 5) is 10.6. The average molecular weight is 341 g/mol. The maximum absolute atomic E-state index is 11.2. The molecule has 0 fully saturated rings. The summed E-state index contributed by atoms with van der Waals surface area (Å²) in [6.07, 6.45) is 0.874. The normalized spacial score (nSPS) is 36.9. The van der Waals surface area contributed by atoms with Crippen LogP contribution in [0.5, 0.6) is 0 Å². The molecule has 18 heavy (non-hydrogen) atoms. The van der Waals surface area contributed by atoms with Gasteiger partial charge in [0.1, 0.15) is 0 Å². The predicted octanol–water partition coefficient (Wildman–Crippen LogP) is 3.61. The molecule has 0 aromatic heterocycles. The third-order valence-electron chi connectivity index (χ3n) is 4.82. The van der Waals surface area contributed by atoms with Gasteiger partial charge in [0.15, 0.2) is 0 Å². The second kappa shape index (κ2) is 4.92. The van der Waals surface area contributed by atoms with Crippen LogP contribution >= 0.6 is 23.2 Å². The zero-order chi connectivity index (χ0) is 14.5. The first-order valence-electron chi connectivity index (χ1n) is 5.97. The molecule has 3 atom stereocenters. The first-order chi connectivity index (χ1) is 7.96. The van der Waals surface area contributed by atoms with Gasteiger partial charge in [0.25, 0.3) is 0 Å². The van der Waals surface area contributed by atoms with Gasteiger partial charge in [-0.05, 0) is 0 Å². The Morgan fingerprint density at radius 1 is 1.39 bits per heavy atom. The fraction of sp³-hybridized carbons (Fsp3) is 0.750. The van der Waals surface area contributed by atoms with Gasteiger partial charge < -0.3 is 0 Å². The molecular weight excluding hydrogens is 321 g/mol. The molecule has 1 rings (SSSR count). The Labute approximate surface area is 133 Å². The quantitative estimate of drug-likeness (QED) is 0.332. The van der Waals surface area contributed by atoms with E-state index in [0.717, 1.165) is 12.0 Å². The van der Waals surface area contributed by atoms with Crippen LogP contribution in [0.4, 0.5) is 0 Å². The summed E-state index contributed by atoms with van der Waals surface area (Å²) in [6, 6.07) is 0. The van der Waals surface area contributed by atoms with E-state index in [4.69, 9.17) is 23.2 Å². The van der Waals surface area contributed by atoms with Gasteiger partial charge in [0.05, 0.1) is 0 Å². The Hall–Kier alpha value is 0.721. The molecule has 3 unspecified atom stereocenters. The summed E-state index contributed by atoms with van der Waals surface area (Å²) in [7, 11) is -2.22. The fourth-order valence-corrected chi connectivity index (χ4v) is 9.05. The molecule has 1 aliphatic rings. The summed E-state index contributed by atoms with van der Waals surface area (Å²) in [5.41, 5.74) is 2.40. The van der Waals surface area contributed by atoms with E-state index in [-0.39, 0.29) is 5.92 Å². The Morgan fingerprint density at radius 3 is 2.11 bits per heavy atom. The molecule has 0 saturated carbocycles. The van der Waals surface area contributed by atoms with Gasteiger partial charge in [-0.25, -0.2) is 0 Å². The molecule has 101 valence electrons. The van der Waals surface area contributed by atoms with Gasteiger partial charge >= 0.3 is 134 Å². The van der Waals surface area contributed by atoms with Crippen LogP contribution in [0.2, 0.25) is 13.1 Å². The number of hydrogen-bond donors (Lipinski definition) is 0. The predicted molar refractivity (Wildman–Crippen MR) is 75.8 cm³/mol. The molecule has 2 nitrogen and oxygen atoms in total. The molecule has 1 amide bonds. The van der Waals surface area contributed by atoms with E-state index in [1.807, 2.05) is 34.5 Å². The molecule has 0 spiro atoms. The Bertz CT molecular complexity index is 411. The number of allylic oxidation sites excluding steroid dienone is 2. The standard InChI is InChI=1S/C12H21Cl2NOSi.Ti/c1-8-9(2)11(4,13)12(14,10(8)3)17(5,6)15-7-16;/h7,10H,1-6H3,(H,15,16);/q;+1/p-1. The van der Waals surface area contributed by atoms with Gasteiger partial charge in [-0.15, -0.1) is 0 Å². The van der Waals surface area contributed by atoms with Crippen LogP contribution < -0.4 is 0 Å². The summed E-state index contributed by atoms with van der Waals surface area (Å²) in [6.45, 7) is 12.5. The SMILES string of the molecule is CC1=C(C)C(C)(Cl)C(Cl)([Si](C)(C)[N]([Ti])C=O)C1C. The first-order valence-corrected chi connectivity index (χ1v) is 10.4. The molecule has 0 saturated heterocycles. The van der Waals surface area contributed by atoms with Crippen molar-refractivity contribution in [2.75, 3.05) is 0 Å². The summed E-state index contributed by atoms with van der Waals surface area (Å²) in [5, 5.41) is 0. The van der Waals surface area contributed by atoms with Crippen molar-refractivity contribution in [1.29, 1.82) is 0 Å². The van der Waals surface area contributed by atoms with Crippen molar-refractivity contribution < 1.29 is 25.5 Å². The second-order valence-corrected chi connectivity index (χ2v) is 13.3. The van der Waals surface area contributed by atoms with Crippen molar-refractivity contribution in [3.8, 4) is 0 Å². The van der Waals surface area contributed by atoms with Crippen LogP contribution in [0, 0.1) is 5.92 Å². The maximum atomic E-state index is 11.2. The Morgan fingerprint density at radius 2 is 1.83 bits per heavy atom. The van der Waals surface area contributed by atoms with Crippen LogP contribution in [0.1, 0.15) is 27.7 Å². The van der Waals surface area contributed by atoms with Crippen molar-refractivity contribution in [3.63, 3.8) is 0 Å². The van der Waals surface area contributed by atoms with Gasteiger partial charge in [0, 0.05) is 0 Å². The molecule has 1 aliphatic carbocycles. The van der Waals surface area contributed by atoms with Crippen molar-refractivity contribution in [2.24, 2.45) is 5.92 Å². The van der Waals surface area contributed by atoms with Gasteiger partial charge in [-0.3, -0.25) is 0 Å². The van der Waals surface area contributed by atoms with E-state index in [1.54, 1.807) is 3.05 Å². The van der Waals surface area contributed by atoms with Crippen LogP contribution in [0.25, 0.3) is 0 Å². The summed E-state index contributed by atoms with van der Waals surface area (Å²) < 4.78 is 1.16. The third-order valence-corrected chi connectivity index (χ3v) is 14.6. The molecule has 0 bridgehead atoms. The van der Waals surface area contributed by atoms with Crippen LogP contribution in [-0.4, -0.2) is 27.1 Å². The Balaban J connectivity index is 3.44. The van der Waals surface area contributed by atoms with Crippen LogP contribution in [0.15, 0.2) is 11.1 Å². The number of alkyl halides is 2. The summed E-state index contributed by atoms with van der Waals surface area (Å²) in [5.74, 6) is 0.172. The van der Waals surface area contributed by atoms with Gasteiger partial charge in [0.2, 0.25) is 0 Å². The van der Waals surface area contributed by atoms with E-state index >= 15 is 0 Å². The number of carbonyl (C=O) groups is 1. The van der Waals surface area contributed by atoms with Crippen molar-refractivity contribution >= 4 is 37.8 Å². The monoisotopic (exact) mass is 340 g/mol. The van der Waals surface area contributed by atoms with Gasteiger partial charge in [-0.1, -0.05) is 0 Å². The minimum absolute atomic E-state index is 0.172. The Kier molecular flexibility index (Phi) is 4.59. The topological polar surface area (TPSA) is 20.3 Å². The number of hydrogen-bond acceptors (Lipinski definition) is 1. The molecule has 0 radical (unpaired) electrons. The average Bonchev–Trinajstić information content (AvgIpc) is 2.42. The molecule has 0 aromatic carbocycles. The van der Waals surface area contributed by atoms with Crippen LogP contribution in [-0.2, 0) is 25.5 Å². The second-order valence-electron chi connectivity index (χ2n) is 5.78. The van der Waals surface area contributed by atoms with Crippen LogP contribution in [0.3, 0.4) is 0 Å². The molecule has 0 N–H and O–H groups in total. The van der Waals surface area contributed by atoms with E-state index in [2.05, 4.69) is 26.9 Å². The zero-order valence-electron chi connectivity index (χ0n) is 11.8. The van der Waals surface area contributed by atoms with Crippen molar-refractivity contribution in [1.82, 2.24) is 3.05 Å². The molecular formula is C12H20Cl2NOSiTi. The third kappa shape index (κ3) is 1.89.